The number of aryl methyl sites for hydroxylation is 1. The molecule has 6 heteroatoms. The molecule has 0 aromatic carbocycles. The lowest BCUT2D eigenvalue weighted by molar-refractivity contribution is -0.697. The molecule has 1 heterocycles. The average Bonchev–Trinajstić information content (AvgIpc) is 2.92. The molecule has 19 heavy (non-hydrogen) atoms. The van der Waals surface area contributed by atoms with E-state index in [1.54, 1.807) is 21.3 Å². The molecule has 110 valence electrons. The Bertz CT molecular complexity index is 393. The van der Waals surface area contributed by atoms with Gasteiger partial charge in [-0.05, 0) is 13.3 Å². The van der Waals surface area contributed by atoms with Crippen LogP contribution in [0.2, 0.25) is 0 Å². The van der Waals surface area contributed by atoms with Crippen LogP contribution >= 0.6 is 0 Å². The third-order valence-electron chi connectivity index (χ3n) is 3.97. The number of hydrogen-bond acceptors (Lipinski definition) is 3. The van der Waals surface area contributed by atoms with E-state index in [0.29, 0.717) is 0 Å². The predicted octanol–water partition coefficient (Wildman–Crippen LogP) is 0.207. The number of unbranched alkanes of at least 4 members (excludes halogenated alkanes) is 1. The molecule has 1 atom stereocenters. The normalized spacial score (nSPS) is 15.6. The summed E-state index contributed by atoms with van der Waals surface area (Å²) in [6.45, 7) is 5.11. The second-order valence-corrected chi connectivity index (χ2v) is 6.31. The first-order valence-corrected chi connectivity index (χ1v) is 7.70. The van der Waals surface area contributed by atoms with Gasteiger partial charge < -0.3 is 14.2 Å². The van der Waals surface area contributed by atoms with Gasteiger partial charge in [0.15, 0.2) is 0 Å². The maximum atomic E-state index is 5.75. The minimum Gasteiger partial charge on any atom is -0.348 e. The van der Waals surface area contributed by atoms with Gasteiger partial charge in [0, 0.05) is 21.3 Å². The van der Waals surface area contributed by atoms with Gasteiger partial charge in [-0.3, -0.25) is 0 Å². The first-order chi connectivity index (χ1) is 8.97. The van der Waals surface area contributed by atoms with Gasteiger partial charge in [0.1, 0.15) is 22.6 Å². The molecule has 0 saturated carbocycles. The van der Waals surface area contributed by atoms with Gasteiger partial charge in [-0.2, -0.15) is 0 Å². The van der Waals surface area contributed by atoms with E-state index in [-0.39, 0.29) is 0 Å². The topological polar surface area (TPSA) is 36.5 Å². The van der Waals surface area contributed by atoms with Crippen molar-refractivity contribution in [3.8, 4) is 0 Å². The quantitative estimate of drug-likeness (QED) is 0.389. The van der Waals surface area contributed by atoms with Crippen molar-refractivity contribution in [1.82, 2.24) is 4.57 Å². The van der Waals surface area contributed by atoms with E-state index in [4.69, 9.17) is 14.2 Å². The van der Waals surface area contributed by atoms with Crippen molar-refractivity contribution in [3.63, 3.8) is 0 Å². The smallest absolute Gasteiger partial charge is 0.245 e. The molecule has 0 aliphatic carbocycles. The lowest BCUT2D eigenvalue weighted by atomic mass is 10.2. The van der Waals surface area contributed by atoms with Crippen molar-refractivity contribution in [2.45, 2.75) is 44.4 Å². The van der Waals surface area contributed by atoms with Gasteiger partial charge in [0.05, 0.1) is 6.54 Å². The van der Waals surface area contributed by atoms with Gasteiger partial charge in [-0.25, -0.2) is 9.13 Å². The monoisotopic (exact) mass is 287 g/mol. The molecule has 1 aromatic rings. The van der Waals surface area contributed by atoms with Crippen LogP contribution in [0.15, 0.2) is 18.7 Å². The van der Waals surface area contributed by atoms with Crippen LogP contribution in [0, 0.1) is 0 Å². The van der Waals surface area contributed by atoms with Crippen LogP contribution in [0.25, 0.3) is 0 Å². The summed E-state index contributed by atoms with van der Waals surface area (Å²) in [6, 6.07) is 0. The lowest BCUT2D eigenvalue weighted by Crippen LogP contribution is -2.58. The number of methoxy groups -OCH3 is 3. The molecule has 0 saturated heterocycles. The third-order valence-corrected chi connectivity index (χ3v) is 5.81. The molecular formula is C13H27N2O3Si+. The highest BCUT2D eigenvalue weighted by atomic mass is 28.1. The molecular weight excluding hydrogens is 260 g/mol. The van der Waals surface area contributed by atoms with Crippen LogP contribution in [0.4, 0.5) is 0 Å². The molecule has 0 aliphatic heterocycles. The second-order valence-electron chi connectivity index (χ2n) is 4.95. The van der Waals surface area contributed by atoms with Crippen LogP contribution in [0.3, 0.4) is 0 Å². The van der Waals surface area contributed by atoms with Crippen LogP contribution < -0.4 is 4.57 Å². The Hall–Kier alpha value is -0.693. The summed E-state index contributed by atoms with van der Waals surface area (Å²) < 4.78 is 21.1. The Morgan fingerprint density at radius 3 is 2.32 bits per heavy atom. The summed E-state index contributed by atoms with van der Waals surface area (Å²) in [6.07, 6.45) is 8.49. The van der Waals surface area contributed by atoms with E-state index >= 15 is 0 Å². The zero-order valence-corrected chi connectivity index (χ0v) is 15.0. The van der Waals surface area contributed by atoms with Gasteiger partial charge in [0.2, 0.25) is 17.5 Å². The maximum Gasteiger partial charge on any atom is 0.245 e. The van der Waals surface area contributed by atoms with Gasteiger partial charge in [0.25, 0.3) is 0 Å². The Balaban J connectivity index is 3.04. The van der Waals surface area contributed by atoms with E-state index < -0.39 is 11.1 Å². The summed E-state index contributed by atoms with van der Waals surface area (Å²) in [5.41, 5.74) is 0. The second kappa shape index (κ2) is 6.65. The van der Waals surface area contributed by atoms with Crippen LogP contribution in [0.1, 0.15) is 26.7 Å². The molecule has 0 amide bonds. The molecule has 0 bridgehead atoms. The van der Waals surface area contributed by atoms with Crippen LogP contribution in [-0.4, -0.2) is 41.9 Å². The molecule has 0 N–H and O–H groups in total. The third kappa shape index (κ3) is 3.08. The zero-order chi connectivity index (χ0) is 14.5. The SMILES string of the molecule is CCCC[n+]1ccn(C([SiH3])(OC)C(C)(OC)OC)c1. The number of ether oxygens (including phenoxy) is 3. The van der Waals surface area contributed by atoms with E-state index in [2.05, 4.69) is 24.0 Å². The van der Waals surface area contributed by atoms with Crippen molar-refractivity contribution in [1.29, 1.82) is 0 Å². The maximum absolute atomic E-state index is 5.75. The molecule has 1 unspecified atom stereocenters. The van der Waals surface area contributed by atoms with Crippen molar-refractivity contribution in [2.24, 2.45) is 0 Å². The van der Waals surface area contributed by atoms with Crippen molar-refractivity contribution in [3.05, 3.63) is 18.7 Å². The zero-order valence-electron chi connectivity index (χ0n) is 13.0. The minimum atomic E-state index is -0.810. The Morgan fingerprint density at radius 2 is 1.84 bits per heavy atom. The summed E-state index contributed by atoms with van der Waals surface area (Å²) >= 11 is 0. The minimum absolute atomic E-state index is 0.603. The molecule has 1 rings (SSSR count). The van der Waals surface area contributed by atoms with E-state index in [1.165, 1.54) is 12.8 Å². The first-order valence-electron chi connectivity index (χ1n) is 6.70. The van der Waals surface area contributed by atoms with Crippen LogP contribution in [-0.2, 0) is 26.1 Å². The number of hydrogen-bond donors (Lipinski definition) is 0. The number of imidazole rings is 1. The molecule has 0 fully saturated rings. The van der Waals surface area contributed by atoms with E-state index in [0.717, 1.165) is 16.8 Å². The van der Waals surface area contributed by atoms with Gasteiger partial charge >= 0.3 is 0 Å². The van der Waals surface area contributed by atoms with E-state index in [1.807, 2.05) is 17.7 Å². The fourth-order valence-corrected chi connectivity index (χ4v) is 2.78. The highest BCUT2D eigenvalue weighted by Crippen LogP contribution is 2.31. The molecule has 0 aliphatic rings. The molecule has 0 radical (unpaired) electrons. The Morgan fingerprint density at radius 1 is 1.21 bits per heavy atom. The lowest BCUT2D eigenvalue weighted by Gasteiger charge is -2.40. The summed E-state index contributed by atoms with van der Waals surface area (Å²) in [5.74, 6) is -0.810. The molecule has 0 spiro atoms. The summed E-state index contributed by atoms with van der Waals surface area (Å²) in [7, 11) is 5.71. The van der Waals surface area contributed by atoms with Crippen molar-refractivity contribution >= 4 is 10.2 Å². The number of aromatic nitrogens is 2. The van der Waals surface area contributed by atoms with Gasteiger partial charge in [-0.15, -0.1) is 0 Å². The van der Waals surface area contributed by atoms with Crippen molar-refractivity contribution < 1.29 is 18.8 Å². The highest BCUT2D eigenvalue weighted by Gasteiger charge is 2.51. The largest absolute Gasteiger partial charge is 0.348 e. The standard InChI is InChI=1S/C13H27N2O3Si/c1-6-7-8-14-9-10-15(11-14)13(19,18-5)12(2,16-3)17-4/h9-11H,6-8H2,1-5,19H3/q+1. The molecule has 5 nitrogen and oxygen atoms in total. The summed E-state index contributed by atoms with van der Waals surface area (Å²) in [5, 5.41) is -0.603. The van der Waals surface area contributed by atoms with Gasteiger partial charge in [-0.1, -0.05) is 13.3 Å². The predicted molar refractivity (Wildman–Crippen MR) is 76.9 cm³/mol. The average molecular weight is 287 g/mol. The Labute approximate surface area is 118 Å². The number of nitrogens with zero attached hydrogens (tertiary/aromatic N) is 2. The van der Waals surface area contributed by atoms with Crippen molar-refractivity contribution in [2.75, 3.05) is 21.3 Å². The molecule has 1 aromatic heterocycles. The Kier molecular flexibility index (Phi) is 5.73. The fraction of sp³-hybridized carbons (Fsp3) is 0.769. The number of rotatable bonds is 8. The van der Waals surface area contributed by atoms with E-state index in [9.17, 15) is 0 Å². The fourth-order valence-electron chi connectivity index (χ4n) is 2.11. The first kappa shape index (κ1) is 16.4. The van der Waals surface area contributed by atoms with Crippen LogP contribution in [0.5, 0.6) is 0 Å². The highest BCUT2D eigenvalue weighted by molar-refractivity contribution is 6.13. The summed E-state index contributed by atoms with van der Waals surface area (Å²) in [4.78, 5) is 0.